The van der Waals surface area contributed by atoms with Crippen LogP contribution in [0.25, 0.3) is 10.9 Å². The van der Waals surface area contributed by atoms with Gasteiger partial charge in [-0.3, -0.25) is 9.69 Å². The van der Waals surface area contributed by atoms with E-state index in [2.05, 4.69) is 39.5 Å². The van der Waals surface area contributed by atoms with E-state index in [0.29, 0.717) is 12.2 Å². The fraction of sp³-hybridized carbons (Fsp3) is 0.250. The molecule has 4 heteroatoms. The molecule has 4 nitrogen and oxygen atoms in total. The molecule has 1 aromatic heterocycles. The number of para-hydroxylation sites is 1. The van der Waals surface area contributed by atoms with Crippen molar-refractivity contribution in [1.82, 2.24) is 15.2 Å². The Hall–Kier alpha value is -2.59. The Morgan fingerprint density at radius 1 is 1.08 bits per heavy atom. The summed E-state index contributed by atoms with van der Waals surface area (Å²) in [4.78, 5) is 17.9. The van der Waals surface area contributed by atoms with Crippen LogP contribution >= 0.6 is 0 Å². The van der Waals surface area contributed by atoms with Crippen molar-refractivity contribution in [3.05, 3.63) is 71.4 Å². The molecule has 1 amide bonds. The third kappa shape index (κ3) is 3.05. The first-order valence-electron chi connectivity index (χ1n) is 8.45. The number of carbonyl (C=O) groups excluding carboxylic acids is 1. The summed E-state index contributed by atoms with van der Waals surface area (Å²) in [7, 11) is 0. The smallest absolute Gasteiger partial charge is 0.267 e. The van der Waals surface area contributed by atoms with Gasteiger partial charge < -0.3 is 10.3 Å². The maximum absolute atomic E-state index is 12.3. The fourth-order valence-electron chi connectivity index (χ4n) is 3.36. The minimum Gasteiger partial charge on any atom is -0.351 e. The minimum atomic E-state index is -0.0383. The van der Waals surface area contributed by atoms with Crippen LogP contribution in [0.15, 0.2) is 54.6 Å². The molecular weight excluding hydrogens is 298 g/mol. The van der Waals surface area contributed by atoms with Crippen molar-refractivity contribution in [3.8, 4) is 0 Å². The highest BCUT2D eigenvalue weighted by Gasteiger charge is 2.15. The zero-order valence-corrected chi connectivity index (χ0v) is 13.6. The van der Waals surface area contributed by atoms with Gasteiger partial charge in [-0.05, 0) is 29.7 Å². The zero-order valence-electron chi connectivity index (χ0n) is 13.6. The SMILES string of the molecule is O=C(NCCN1CCc2ccccc2C1)c1cc2ccccc2[nH]1. The number of H-pyrrole nitrogens is 1. The van der Waals surface area contributed by atoms with E-state index < -0.39 is 0 Å². The third-order valence-electron chi connectivity index (χ3n) is 4.70. The van der Waals surface area contributed by atoms with E-state index in [1.54, 1.807) is 0 Å². The van der Waals surface area contributed by atoms with Crippen molar-refractivity contribution in [2.75, 3.05) is 19.6 Å². The Kier molecular flexibility index (Phi) is 4.05. The van der Waals surface area contributed by atoms with E-state index in [0.717, 1.165) is 37.0 Å². The van der Waals surface area contributed by atoms with Gasteiger partial charge in [0.2, 0.25) is 0 Å². The van der Waals surface area contributed by atoms with Gasteiger partial charge in [-0.2, -0.15) is 0 Å². The van der Waals surface area contributed by atoms with Crippen LogP contribution in [0.1, 0.15) is 21.6 Å². The van der Waals surface area contributed by atoms with Crippen LogP contribution in [0.4, 0.5) is 0 Å². The summed E-state index contributed by atoms with van der Waals surface area (Å²) >= 11 is 0. The molecule has 122 valence electrons. The predicted octanol–water partition coefficient (Wildman–Crippen LogP) is 2.96. The molecule has 2 N–H and O–H groups in total. The zero-order chi connectivity index (χ0) is 16.4. The molecule has 0 fully saturated rings. The van der Waals surface area contributed by atoms with Crippen LogP contribution in [-0.2, 0) is 13.0 Å². The van der Waals surface area contributed by atoms with Crippen LogP contribution in [0.5, 0.6) is 0 Å². The number of benzene rings is 2. The molecule has 4 rings (SSSR count). The second-order valence-corrected chi connectivity index (χ2v) is 6.32. The molecule has 0 unspecified atom stereocenters. The number of nitrogens with one attached hydrogen (secondary N) is 2. The van der Waals surface area contributed by atoms with Crippen molar-refractivity contribution >= 4 is 16.8 Å². The molecule has 24 heavy (non-hydrogen) atoms. The highest BCUT2D eigenvalue weighted by atomic mass is 16.1. The van der Waals surface area contributed by atoms with Gasteiger partial charge in [-0.25, -0.2) is 0 Å². The lowest BCUT2D eigenvalue weighted by atomic mass is 10.00. The molecule has 0 saturated heterocycles. The van der Waals surface area contributed by atoms with Crippen LogP contribution < -0.4 is 5.32 Å². The number of rotatable bonds is 4. The van der Waals surface area contributed by atoms with Crippen LogP contribution in [0, 0.1) is 0 Å². The topological polar surface area (TPSA) is 48.1 Å². The van der Waals surface area contributed by atoms with Gasteiger partial charge in [-0.15, -0.1) is 0 Å². The first-order valence-corrected chi connectivity index (χ1v) is 8.45. The maximum Gasteiger partial charge on any atom is 0.267 e. The average molecular weight is 319 g/mol. The van der Waals surface area contributed by atoms with Gasteiger partial charge in [0, 0.05) is 37.1 Å². The first kappa shape index (κ1) is 15.0. The number of aromatic amines is 1. The largest absolute Gasteiger partial charge is 0.351 e. The highest BCUT2D eigenvalue weighted by molar-refractivity contribution is 5.97. The summed E-state index contributed by atoms with van der Waals surface area (Å²) in [5.41, 5.74) is 4.48. The second-order valence-electron chi connectivity index (χ2n) is 6.32. The number of aromatic nitrogens is 1. The van der Waals surface area contributed by atoms with Gasteiger partial charge in [0.25, 0.3) is 5.91 Å². The van der Waals surface area contributed by atoms with Crippen LogP contribution in [0.3, 0.4) is 0 Å². The number of carbonyl (C=O) groups is 1. The van der Waals surface area contributed by atoms with Gasteiger partial charge >= 0.3 is 0 Å². The average Bonchev–Trinajstić information content (AvgIpc) is 3.06. The molecule has 0 saturated carbocycles. The Bertz CT molecular complexity index is 835. The normalized spacial score (nSPS) is 14.5. The number of hydrogen-bond acceptors (Lipinski definition) is 2. The van der Waals surface area contributed by atoms with Crippen LogP contribution in [-0.4, -0.2) is 35.4 Å². The molecule has 0 radical (unpaired) electrons. The molecular formula is C20H21N3O. The molecule has 1 aliphatic heterocycles. The lowest BCUT2D eigenvalue weighted by Crippen LogP contribution is -2.37. The summed E-state index contributed by atoms with van der Waals surface area (Å²) in [5, 5.41) is 4.08. The lowest BCUT2D eigenvalue weighted by molar-refractivity contribution is 0.0943. The Balaban J connectivity index is 1.32. The van der Waals surface area contributed by atoms with E-state index in [4.69, 9.17) is 0 Å². The molecule has 0 spiro atoms. The number of hydrogen-bond donors (Lipinski definition) is 2. The molecule has 0 aliphatic carbocycles. The summed E-state index contributed by atoms with van der Waals surface area (Å²) in [6.45, 7) is 3.56. The molecule has 0 bridgehead atoms. The number of amides is 1. The van der Waals surface area contributed by atoms with Crippen molar-refractivity contribution in [3.63, 3.8) is 0 Å². The summed E-state index contributed by atoms with van der Waals surface area (Å²) in [6.07, 6.45) is 1.09. The fourth-order valence-corrected chi connectivity index (χ4v) is 3.36. The van der Waals surface area contributed by atoms with E-state index in [-0.39, 0.29) is 5.91 Å². The monoisotopic (exact) mass is 319 g/mol. The molecule has 0 atom stereocenters. The predicted molar refractivity (Wildman–Crippen MR) is 96.1 cm³/mol. The lowest BCUT2D eigenvalue weighted by Gasteiger charge is -2.28. The van der Waals surface area contributed by atoms with Crippen molar-refractivity contribution in [2.24, 2.45) is 0 Å². The maximum atomic E-state index is 12.3. The van der Waals surface area contributed by atoms with Crippen molar-refractivity contribution in [2.45, 2.75) is 13.0 Å². The highest BCUT2D eigenvalue weighted by Crippen LogP contribution is 2.18. The van der Waals surface area contributed by atoms with Gasteiger partial charge in [-0.1, -0.05) is 42.5 Å². The number of fused-ring (bicyclic) bond motifs is 2. The van der Waals surface area contributed by atoms with E-state index in [1.165, 1.54) is 11.1 Å². The van der Waals surface area contributed by atoms with Crippen molar-refractivity contribution in [1.29, 1.82) is 0 Å². The molecule has 1 aliphatic rings. The van der Waals surface area contributed by atoms with E-state index in [1.807, 2.05) is 30.3 Å². The van der Waals surface area contributed by atoms with Gasteiger partial charge in [0.05, 0.1) is 0 Å². The third-order valence-corrected chi connectivity index (χ3v) is 4.70. The van der Waals surface area contributed by atoms with E-state index in [9.17, 15) is 4.79 Å². The van der Waals surface area contributed by atoms with Gasteiger partial charge in [0.15, 0.2) is 0 Å². The molecule has 3 aromatic rings. The standard InChI is InChI=1S/C20H21N3O/c24-20(19-13-16-6-3-4-8-18(16)22-19)21-10-12-23-11-9-15-5-1-2-7-17(15)14-23/h1-8,13,22H,9-12,14H2,(H,21,24). The Morgan fingerprint density at radius 2 is 1.88 bits per heavy atom. The van der Waals surface area contributed by atoms with Crippen molar-refractivity contribution < 1.29 is 4.79 Å². The van der Waals surface area contributed by atoms with Crippen LogP contribution in [0.2, 0.25) is 0 Å². The molecule has 2 aromatic carbocycles. The van der Waals surface area contributed by atoms with E-state index >= 15 is 0 Å². The number of nitrogens with zero attached hydrogens (tertiary/aromatic N) is 1. The first-order chi connectivity index (χ1) is 11.8. The Labute approximate surface area is 141 Å². The second kappa shape index (κ2) is 6.49. The van der Waals surface area contributed by atoms with Gasteiger partial charge in [0.1, 0.15) is 5.69 Å². The summed E-state index contributed by atoms with van der Waals surface area (Å²) < 4.78 is 0. The quantitative estimate of drug-likeness (QED) is 0.777. The summed E-state index contributed by atoms with van der Waals surface area (Å²) in [6, 6.07) is 18.5. The Morgan fingerprint density at radius 3 is 2.75 bits per heavy atom. The summed E-state index contributed by atoms with van der Waals surface area (Å²) in [5.74, 6) is -0.0383. The molecule has 2 heterocycles. The minimum absolute atomic E-state index is 0.0383.